The summed E-state index contributed by atoms with van der Waals surface area (Å²) < 4.78 is 4.64. The predicted octanol–water partition coefficient (Wildman–Crippen LogP) is 3.74. The van der Waals surface area contributed by atoms with E-state index >= 15 is 0 Å². The Balaban J connectivity index is 1.39. The Labute approximate surface area is 249 Å². The molecule has 1 atom stereocenters. The number of nitrogens with zero attached hydrogens (tertiary/aromatic N) is 6. The molecule has 3 N–H and O–H groups in total. The second kappa shape index (κ2) is 11.5. The van der Waals surface area contributed by atoms with E-state index in [1.54, 1.807) is 62.4 Å². The van der Waals surface area contributed by atoms with Crippen LogP contribution in [0.25, 0.3) is 0 Å². The summed E-state index contributed by atoms with van der Waals surface area (Å²) in [6.07, 6.45) is 0.269. The number of nitrogens with one attached hydrogen (secondary N) is 2. The molecule has 0 radical (unpaired) electrons. The molecule has 2 aromatic carbocycles. The van der Waals surface area contributed by atoms with E-state index in [4.69, 9.17) is 23.2 Å². The lowest BCUT2D eigenvalue weighted by molar-refractivity contribution is -0.808. The molecule has 220 valence electrons. The fourth-order valence-corrected chi connectivity index (χ4v) is 5.20. The van der Waals surface area contributed by atoms with Crippen molar-refractivity contribution < 1.29 is 29.1 Å². The summed E-state index contributed by atoms with van der Waals surface area (Å²) >= 11 is 12.0. The van der Waals surface area contributed by atoms with Gasteiger partial charge in [0, 0.05) is 33.0 Å². The molecule has 1 aromatic heterocycles. The minimum Gasteiger partial charge on any atom is -0.359 e. The molecule has 3 aromatic rings. The topological polar surface area (TPSA) is 171 Å². The Hall–Kier alpha value is -4.40. The number of urea groups is 2. The minimum absolute atomic E-state index is 0.269. The number of rotatable bonds is 6. The van der Waals surface area contributed by atoms with Crippen LogP contribution in [-0.4, -0.2) is 62.3 Å². The molecule has 5 amide bonds. The van der Waals surface area contributed by atoms with Gasteiger partial charge in [0.2, 0.25) is 5.69 Å². The van der Waals surface area contributed by atoms with Crippen molar-refractivity contribution in [3.8, 4) is 0 Å². The highest BCUT2D eigenvalue weighted by atomic mass is 35.5. The number of halogens is 2. The number of hydrazone groups is 1. The lowest BCUT2D eigenvalue weighted by atomic mass is 9.99. The molecule has 2 aliphatic rings. The van der Waals surface area contributed by atoms with Crippen LogP contribution in [0.3, 0.4) is 0 Å². The third-order valence-corrected chi connectivity index (χ3v) is 7.57. The highest BCUT2D eigenvalue weighted by Crippen LogP contribution is 2.38. The molecule has 42 heavy (non-hydrogen) atoms. The van der Waals surface area contributed by atoms with E-state index in [1.807, 2.05) is 0 Å². The van der Waals surface area contributed by atoms with Gasteiger partial charge in [0.1, 0.15) is 12.3 Å². The smallest absolute Gasteiger partial charge is 0.347 e. The zero-order chi connectivity index (χ0) is 30.2. The Morgan fingerprint density at radius 2 is 1.81 bits per heavy atom. The Bertz CT molecular complexity index is 1540. The van der Waals surface area contributed by atoms with E-state index in [-0.39, 0.29) is 5.69 Å². The molecule has 2 heterocycles. The third-order valence-electron chi connectivity index (χ3n) is 7.07. The minimum atomic E-state index is -1.30. The van der Waals surface area contributed by atoms with Crippen LogP contribution in [0.5, 0.6) is 0 Å². The number of carbonyl (C=O) groups is 3. The van der Waals surface area contributed by atoms with Crippen molar-refractivity contribution in [2.24, 2.45) is 5.10 Å². The molecule has 0 bridgehead atoms. The maximum Gasteiger partial charge on any atom is 0.347 e. The van der Waals surface area contributed by atoms with Gasteiger partial charge < -0.3 is 15.4 Å². The summed E-state index contributed by atoms with van der Waals surface area (Å²) in [6.45, 7) is 2.75. The zero-order valence-corrected chi connectivity index (χ0v) is 24.0. The quantitative estimate of drug-likeness (QED) is 0.215. The number of fused-ring (bicyclic) bond motifs is 1. The standard InChI is InChI=1S/C26H26Cl2N8O6/c1-26(2)23(35(40)24(38)29-17-10-6-15(27)7-11-17)34(18-12-8-16(28)9-13-18)25(39)33(26)14-21(37)31-30-19-4-3-5-20-22(19)32-42-36(20)41/h6-13,23,40H,3-5,14H2,1-2H3,(H,29,38)(H,31,37). The highest BCUT2D eigenvalue weighted by molar-refractivity contribution is 6.31. The summed E-state index contributed by atoms with van der Waals surface area (Å²) in [5.74, 6) is -0.652. The third kappa shape index (κ3) is 5.55. The fourth-order valence-electron chi connectivity index (χ4n) is 4.95. The first kappa shape index (κ1) is 29.1. The molecule has 1 aliphatic carbocycles. The van der Waals surface area contributed by atoms with Gasteiger partial charge in [-0.3, -0.25) is 19.5 Å². The predicted molar refractivity (Wildman–Crippen MR) is 151 cm³/mol. The van der Waals surface area contributed by atoms with E-state index in [0.717, 1.165) is 0 Å². The first-order chi connectivity index (χ1) is 20.0. The average Bonchev–Trinajstić information content (AvgIpc) is 3.43. The van der Waals surface area contributed by atoms with Crippen LogP contribution < -0.4 is 20.5 Å². The van der Waals surface area contributed by atoms with Gasteiger partial charge in [-0.2, -0.15) is 10.2 Å². The van der Waals surface area contributed by atoms with E-state index in [9.17, 15) is 24.8 Å². The number of benzene rings is 2. The first-order valence-electron chi connectivity index (χ1n) is 12.8. The fraction of sp³-hybridized carbons (Fsp3) is 0.308. The van der Waals surface area contributed by atoms with Crippen LogP contribution in [-0.2, 0) is 11.2 Å². The van der Waals surface area contributed by atoms with Gasteiger partial charge in [0.25, 0.3) is 11.6 Å². The molecule has 0 saturated carbocycles. The van der Waals surface area contributed by atoms with Crippen molar-refractivity contribution in [1.29, 1.82) is 0 Å². The van der Waals surface area contributed by atoms with Gasteiger partial charge in [0.15, 0.2) is 6.17 Å². The zero-order valence-electron chi connectivity index (χ0n) is 22.5. The molecule has 0 spiro atoms. The molecular weight excluding hydrogens is 591 g/mol. The molecule has 1 fully saturated rings. The molecule has 16 heteroatoms. The second-order valence-electron chi connectivity index (χ2n) is 10.2. The van der Waals surface area contributed by atoms with Crippen LogP contribution >= 0.6 is 23.2 Å². The lowest BCUT2D eigenvalue weighted by Gasteiger charge is -2.38. The lowest BCUT2D eigenvalue weighted by Crippen LogP contribution is -2.58. The van der Waals surface area contributed by atoms with Crippen LogP contribution in [0.1, 0.15) is 38.1 Å². The first-order valence-corrected chi connectivity index (χ1v) is 13.6. The van der Waals surface area contributed by atoms with E-state index in [0.29, 0.717) is 62.1 Å². The van der Waals surface area contributed by atoms with Crippen molar-refractivity contribution in [3.63, 3.8) is 0 Å². The number of hydrogen-bond acceptors (Lipinski definition) is 8. The summed E-state index contributed by atoms with van der Waals surface area (Å²) in [6, 6.07) is 10.9. The molecule has 5 rings (SSSR count). The van der Waals surface area contributed by atoms with Crippen molar-refractivity contribution in [2.45, 2.75) is 44.8 Å². The second-order valence-corrected chi connectivity index (χ2v) is 11.1. The largest absolute Gasteiger partial charge is 0.359 e. The van der Waals surface area contributed by atoms with E-state index in [2.05, 4.69) is 25.6 Å². The number of hydrogen-bond donors (Lipinski definition) is 3. The van der Waals surface area contributed by atoms with Crippen molar-refractivity contribution in [1.82, 2.24) is 20.5 Å². The SMILES string of the molecule is CC1(C)C(N(O)C(=O)Nc2ccc(Cl)cc2)N(c2ccc(Cl)cc2)C(=O)N1CC(=O)NN=C1CCCc2c1no[n+]2[O-]. The number of amides is 5. The molecule has 14 nitrogen and oxygen atoms in total. The van der Waals surface area contributed by atoms with E-state index in [1.165, 1.54) is 9.80 Å². The Kier molecular flexibility index (Phi) is 7.95. The van der Waals surface area contributed by atoms with E-state index < -0.39 is 36.2 Å². The normalized spacial score (nSPS) is 18.6. The molecule has 1 unspecified atom stereocenters. The van der Waals surface area contributed by atoms with Crippen LogP contribution in [0.15, 0.2) is 58.3 Å². The van der Waals surface area contributed by atoms with Gasteiger partial charge in [-0.25, -0.2) is 15.0 Å². The van der Waals surface area contributed by atoms with Crippen molar-refractivity contribution in [3.05, 3.63) is 75.2 Å². The van der Waals surface area contributed by atoms with Gasteiger partial charge >= 0.3 is 12.1 Å². The summed E-state index contributed by atoms with van der Waals surface area (Å²) in [7, 11) is 0. The van der Waals surface area contributed by atoms with Gasteiger partial charge in [-0.15, -0.1) is 0 Å². The Morgan fingerprint density at radius 3 is 2.48 bits per heavy atom. The van der Waals surface area contributed by atoms with Crippen LogP contribution in [0, 0.1) is 5.21 Å². The molecular formula is C26H26Cl2N8O6. The van der Waals surface area contributed by atoms with Gasteiger partial charge in [-0.1, -0.05) is 23.2 Å². The van der Waals surface area contributed by atoms with Crippen LogP contribution in [0.4, 0.5) is 21.0 Å². The highest BCUT2D eigenvalue weighted by Gasteiger charge is 2.56. The maximum absolute atomic E-state index is 13.8. The number of carbonyl (C=O) groups excluding carboxylic acids is 3. The number of anilines is 2. The summed E-state index contributed by atoms with van der Waals surface area (Å²) in [5, 5.41) is 34.6. The number of hydroxylamine groups is 2. The summed E-state index contributed by atoms with van der Waals surface area (Å²) in [5.41, 5.74) is 2.77. The van der Waals surface area contributed by atoms with Crippen molar-refractivity contribution >= 4 is 58.3 Å². The summed E-state index contributed by atoms with van der Waals surface area (Å²) in [4.78, 5) is 42.7. The van der Waals surface area contributed by atoms with Crippen molar-refractivity contribution in [2.75, 3.05) is 16.8 Å². The Morgan fingerprint density at radius 1 is 1.17 bits per heavy atom. The van der Waals surface area contributed by atoms with Gasteiger partial charge in [-0.05, 0) is 80.1 Å². The maximum atomic E-state index is 13.8. The van der Waals surface area contributed by atoms with Gasteiger partial charge in [0.05, 0.1) is 5.54 Å². The molecule has 1 saturated heterocycles. The number of aromatic nitrogens is 2. The molecule has 1 aliphatic heterocycles. The monoisotopic (exact) mass is 616 g/mol. The van der Waals surface area contributed by atoms with Crippen LogP contribution in [0.2, 0.25) is 10.0 Å². The average molecular weight is 617 g/mol.